The number of aryl methyl sites for hydroxylation is 1. The van der Waals surface area contributed by atoms with Crippen molar-refractivity contribution in [1.29, 1.82) is 0 Å². The molecule has 2 heteroatoms. The smallest absolute Gasteiger partial charge is 0.0693 e. The lowest BCUT2D eigenvalue weighted by Crippen LogP contribution is -2.34. The third-order valence-corrected chi connectivity index (χ3v) is 3.48. The van der Waals surface area contributed by atoms with E-state index in [4.69, 9.17) is 0 Å². The Morgan fingerprint density at radius 2 is 1.88 bits per heavy atom. The van der Waals surface area contributed by atoms with Gasteiger partial charge in [-0.3, -0.25) is 0 Å². The van der Waals surface area contributed by atoms with E-state index in [0.29, 0.717) is 6.04 Å². The lowest BCUT2D eigenvalue weighted by atomic mass is 10.1. The first-order valence-corrected chi connectivity index (χ1v) is 6.29. The van der Waals surface area contributed by atoms with Crippen molar-refractivity contribution >= 4 is 0 Å². The number of aliphatic hydroxyl groups excluding tert-OH is 1. The van der Waals surface area contributed by atoms with Gasteiger partial charge >= 0.3 is 0 Å². The Labute approximate surface area is 97.7 Å². The Hall–Kier alpha value is -0.860. The van der Waals surface area contributed by atoms with Crippen LogP contribution in [-0.2, 0) is 13.0 Å². The highest BCUT2D eigenvalue weighted by Crippen LogP contribution is 2.19. The lowest BCUT2D eigenvalue weighted by Gasteiger charge is -2.16. The van der Waals surface area contributed by atoms with Crippen molar-refractivity contribution in [3.05, 3.63) is 35.4 Å². The first-order chi connectivity index (χ1) is 7.79. The van der Waals surface area contributed by atoms with E-state index in [1.165, 1.54) is 11.1 Å². The van der Waals surface area contributed by atoms with E-state index < -0.39 is 0 Å². The number of rotatable bonds is 4. The van der Waals surface area contributed by atoms with Crippen molar-refractivity contribution in [2.45, 2.75) is 51.3 Å². The molecule has 0 aliphatic heterocycles. The number of hydrogen-bond donors (Lipinski definition) is 2. The predicted molar refractivity (Wildman–Crippen MR) is 66.3 cm³/mol. The lowest BCUT2D eigenvalue weighted by molar-refractivity contribution is 0.148. The maximum absolute atomic E-state index is 9.69. The molecule has 0 radical (unpaired) electrons. The number of aliphatic hydroxyl groups is 1. The second-order valence-electron chi connectivity index (χ2n) is 4.66. The SMILES string of the molecule is CCc1ccc(CNC2CCCC2O)cc1. The first-order valence-electron chi connectivity index (χ1n) is 6.29. The van der Waals surface area contributed by atoms with Crippen molar-refractivity contribution in [1.82, 2.24) is 5.32 Å². The Kier molecular flexibility index (Phi) is 3.97. The number of benzene rings is 1. The summed E-state index contributed by atoms with van der Waals surface area (Å²) >= 11 is 0. The van der Waals surface area contributed by atoms with Crippen molar-refractivity contribution < 1.29 is 5.11 Å². The van der Waals surface area contributed by atoms with Crippen molar-refractivity contribution in [3.8, 4) is 0 Å². The average Bonchev–Trinajstić information content (AvgIpc) is 2.73. The minimum atomic E-state index is -0.144. The van der Waals surface area contributed by atoms with Gasteiger partial charge < -0.3 is 10.4 Å². The summed E-state index contributed by atoms with van der Waals surface area (Å²) in [6.45, 7) is 3.04. The van der Waals surface area contributed by atoms with Gasteiger partial charge in [0.15, 0.2) is 0 Å². The molecule has 2 N–H and O–H groups in total. The van der Waals surface area contributed by atoms with Crippen LogP contribution >= 0.6 is 0 Å². The van der Waals surface area contributed by atoms with Crippen molar-refractivity contribution in [2.24, 2.45) is 0 Å². The van der Waals surface area contributed by atoms with Crippen LogP contribution in [0.3, 0.4) is 0 Å². The molecule has 2 nitrogen and oxygen atoms in total. The van der Waals surface area contributed by atoms with Gasteiger partial charge in [-0.25, -0.2) is 0 Å². The predicted octanol–water partition coefficient (Wildman–Crippen LogP) is 2.25. The first kappa shape index (κ1) is 11.6. The molecule has 1 aromatic carbocycles. The fourth-order valence-electron chi connectivity index (χ4n) is 2.32. The summed E-state index contributed by atoms with van der Waals surface area (Å²) in [5.74, 6) is 0. The Bertz CT molecular complexity index is 320. The molecular formula is C14H21NO. The monoisotopic (exact) mass is 219 g/mol. The van der Waals surface area contributed by atoms with Gasteiger partial charge in [0.05, 0.1) is 6.10 Å². The summed E-state index contributed by atoms with van der Waals surface area (Å²) in [5, 5.41) is 13.1. The highest BCUT2D eigenvalue weighted by Gasteiger charge is 2.24. The molecule has 0 saturated heterocycles. The Morgan fingerprint density at radius 3 is 2.44 bits per heavy atom. The van der Waals surface area contributed by atoms with E-state index in [1.807, 2.05) is 0 Å². The van der Waals surface area contributed by atoms with Crippen LogP contribution in [0.4, 0.5) is 0 Å². The van der Waals surface area contributed by atoms with Gasteiger partial charge in [0, 0.05) is 12.6 Å². The zero-order valence-electron chi connectivity index (χ0n) is 9.95. The van der Waals surface area contributed by atoms with Gasteiger partial charge in [-0.15, -0.1) is 0 Å². The molecule has 88 valence electrons. The molecule has 2 atom stereocenters. The van der Waals surface area contributed by atoms with Gasteiger partial charge in [-0.2, -0.15) is 0 Å². The molecule has 1 aliphatic carbocycles. The largest absolute Gasteiger partial charge is 0.392 e. The summed E-state index contributed by atoms with van der Waals surface area (Å²) in [6, 6.07) is 9.01. The van der Waals surface area contributed by atoms with Crippen molar-refractivity contribution in [2.75, 3.05) is 0 Å². The van der Waals surface area contributed by atoms with Crippen molar-refractivity contribution in [3.63, 3.8) is 0 Å². The quantitative estimate of drug-likeness (QED) is 0.814. The third-order valence-electron chi connectivity index (χ3n) is 3.48. The Morgan fingerprint density at radius 1 is 1.19 bits per heavy atom. The maximum Gasteiger partial charge on any atom is 0.0693 e. The molecule has 2 rings (SSSR count). The van der Waals surface area contributed by atoms with Crippen LogP contribution in [0.1, 0.15) is 37.3 Å². The van der Waals surface area contributed by atoms with Gasteiger partial charge in [-0.1, -0.05) is 31.2 Å². The zero-order chi connectivity index (χ0) is 11.4. The molecule has 1 aromatic rings. The minimum Gasteiger partial charge on any atom is -0.392 e. The maximum atomic E-state index is 9.69. The van der Waals surface area contributed by atoms with Crippen LogP contribution in [0.5, 0.6) is 0 Å². The van der Waals surface area contributed by atoms with E-state index in [2.05, 4.69) is 36.5 Å². The highest BCUT2D eigenvalue weighted by atomic mass is 16.3. The molecule has 16 heavy (non-hydrogen) atoms. The van der Waals surface area contributed by atoms with Crippen LogP contribution in [0.15, 0.2) is 24.3 Å². The van der Waals surface area contributed by atoms with Crippen LogP contribution in [0.2, 0.25) is 0 Å². The van der Waals surface area contributed by atoms with E-state index >= 15 is 0 Å². The highest BCUT2D eigenvalue weighted by molar-refractivity contribution is 5.22. The minimum absolute atomic E-state index is 0.144. The molecule has 0 aromatic heterocycles. The third kappa shape index (κ3) is 2.83. The molecule has 0 spiro atoms. The molecule has 0 bridgehead atoms. The van der Waals surface area contributed by atoms with E-state index in [0.717, 1.165) is 32.2 Å². The molecule has 2 unspecified atom stereocenters. The van der Waals surface area contributed by atoms with Crippen LogP contribution in [-0.4, -0.2) is 17.3 Å². The van der Waals surface area contributed by atoms with E-state index in [-0.39, 0.29) is 6.10 Å². The van der Waals surface area contributed by atoms with E-state index in [1.54, 1.807) is 0 Å². The number of nitrogens with one attached hydrogen (secondary N) is 1. The van der Waals surface area contributed by atoms with Crippen LogP contribution in [0, 0.1) is 0 Å². The van der Waals surface area contributed by atoms with Gasteiger partial charge in [0.2, 0.25) is 0 Å². The molecule has 0 heterocycles. The Balaban J connectivity index is 1.84. The fourth-order valence-corrected chi connectivity index (χ4v) is 2.32. The molecule has 1 saturated carbocycles. The fraction of sp³-hybridized carbons (Fsp3) is 0.571. The summed E-state index contributed by atoms with van der Waals surface area (Å²) in [5.41, 5.74) is 2.68. The van der Waals surface area contributed by atoms with Gasteiger partial charge in [0.1, 0.15) is 0 Å². The van der Waals surface area contributed by atoms with E-state index in [9.17, 15) is 5.11 Å². The molecule has 1 aliphatic rings. The van der Waals surface area contributed by atoms with Gasteiger partial charge in [0.25, 0.3) is 0 Å². The second kappa shape index (κ2) is 5.46. The second-order valence-corrected chi connectivity index (χ2v) is 4.66. The molecular weight excluding hydrogens is 198 g/mol. The summed E-state index contributed by atoms with van der Waals surface area (Å²) < 4.78 is 0. The standard InChI is InChI=1S/C14H21NO/c1-2-11-6-8-12(9-7-11)10-15-13-4-3-5-14(13)16/h6-9,13-16H,2-5,10H2,1H3. The van der Waals surface area contributed by atoms with Crippen LogP contribution in [0.25, 0.3) is 0 Å². The zero-order valence-corrected chi connectivity index (χ0v) is 9.95. The van der Waals surface area contributed by atoms with Crippen LogP contribution < -0.4 is 5.32 Å². The molecule has 0 amide bonds. The normalized spacial score (nSPS) is 24.9. The topological polar surface area (TPSA) is 32.3 Å². The average molecular weight is 219 g/mol. The van der Waals surface area contributed by atoms with Gasteiger partial charge in [-0.05, 0) is 36.8 Å². The summed E-state index contributed by atoms with van der Waals surface area (Å²) in [6.07, 6.45) is 4.15. The summed E-state index contributed by atoms with van der Waals surface area (Å²) in [7, 11) is 0. The number of hydrogen-bond acceptors (Lipinski definition) is 2. The summed E-state index contributed by atoms with van der Waals surface area (Å²) in [4.78, 5) is 0. The molecule has 1 fully saturated rings.